The maximum Gasteiger partial charge on any atom is 0.246 e. The van der Waals surface area contributed by atoms with Gasteiger partial charge in [-0.25, -0.2) is 12.8 Å². The smallest absolute Gasteiger partial charge is 0.246 e. The highest BCUT2D eigenvalue weighted by Crippen LogP contribution is 2.49. The van der Waals surface area contributed by atoms with E-state index in [0.717, 1.165) is 25.9 Å². The quantitative estimate of drug-likeness (QED) is 0.892. The monoisotopic (exact) mass is 296 g/mol. The lowest BCUT2D eigenvalue weighted by atomic mass is 9.82. The third-order valence-electron chi connectivity index (χ3n) is 5.10. The van der Waals surface area contributed by atoms with Gasteiger partial charge < -0.3 is 5.32 Å². The predicted molar refractivity (Wildman–Crippen MR) is 72.1 cm³/mol. The Bertz CT molecular complexity index is 630. The minimum atomic E-state index is -3.72. The zero-order valence-corrected chi connectivity index (χ0v) is 11.8. The predicted octanol–water partition coefficient (Wildman–Crippen LogP) is 1.20. The molecule has 0 saturated carbocycles. The molecule has 6 heteroatoms. The Morgan fingerprint density at radius 3 is 2.30 bits per heavy atom. The summed E-state index contributed by atoms with van der Waals surface area (Å²) in [5.41, 5.74) is 0. The van der Waals surface area contributed by atoms with Crippen LogP contribution in [0.25, 0.3) is 0 Å². The van der Waals surface area contributed by atoms with Crippen molar-refractivity contribution >= 4 is 10.0 Å². The molecule has 1 aromatic rings. The normalized spacial score (nSPS) is 36.5. The van der Waals surface area contributed by atoms with Gasteiger partial charge in [-0.05, 0) is 49.9 Å². The van der Waals surface area contributed by atoms with Crippen LogP contribution in [0, 0.1) is 17.7 Å². The van der Waals surface area contributed by atoms with Crippen LogP contribution in [0.4, 0.5) is 4.39 Å². The maximum atomic E-state index is 13.9. The first-order valence-electron chi connectivity index (χ1n) is 7.09. The summed E-state index contributed by atoms with van der Waals surface area (Å²) >= 11 is 0. The minimum Gasteiger partial charge on any atom is -0.316 e. The first kappa shape index (κ1) is 12.7. The number of sulfonamides is 1. The van der Waals surface area contributed by atoms with Gasteiger partial charge in [-0.3, -0.25) is 0 Å². The number of benzene rings is 1. The molecule has 4 rings (SSSR count). The van der Waals surface area contributed by atoms with Crippen molar-refractivity contribution in [3.8, 4) is 0 Å². The summed E-state index contributed by atoms with van der Waals surface area (Å²) in [5.74, 6) is 0.146. The average molecular weight is 296 g/mol. The molecule has 0 radical (unpaired) electrons. The molecule has 0 spiro atoms. The summed E-state index contributed by atoms with van der Waals surface area (Å²) < 4.78 is 41.1. The van der Waals surface area contributed by atoms with Crippen molar-refractivity contribution in [2.24, 2.45) is 11.8 Å². The van der Waals surface area contributed by atoms with Crippen molar-refractivity contribution in [1.29, 1.82) is 0 Å². The van der Waals surface area contributed by atoms with E-state index < -0.39 is 15.8 Å². The fourth-order valence-corrected chi connectivity index (χ4v) is 6.36. The fraction of sp³-hybridized carbons (Fsp3) is 0.571. The Hall–Kier alpha value is -0.980. The van der Waals surface area contributed by atoms with Crippen LogP contribution in [0.5, 0.6) is 0 Å². The van der Waals surface area contributed by atoms with Crippen molar-refractivity contribution in [2.75, 3.05) is 13.1 Å². The third kappa shape index (κ3) is 1.55. The second-order valence-electron chi connectivity index (χ2n) is 5.96. The van der Waals surface area contributed by atoms with Gasteiger partial charge in [-0.1, -0.05) is 12.1 Å². The summed E-state index contributed by atoms with van der Waals surface area (Å²) in [4.78, 5) is -0.176. The highest BCUT2D eigenvalue weighted by molar-refractivity contribution is 7.89. The van der Waals surface area contributed by atoms with Crippen molar-refractivity contribution in [2.45, 2.75) is 29.8 Å². The molecule has 0 aliphatic carbocycles. The van der Waals surface area contributed by atoms with E-state index in [1.54, 1.807) is 10.4 Å². The molecule has 3 saturated heterocycles. The van der Waals surface area contributed by atoms with Gasteiger partial charge in [0.05, 0.1) is 0 Å². The Morgan fingerprint density at radius 2 is 1.70 bits per heavy atom. The fourth-order valence-electron chi connectivity index (χ4n) is 4.33. The van der Waals surface area contributed by atoms with Gasteiger partial charge >= 0.3 is 0 Å². The van der Waals surface area contributed by atoms with Gasteiger partial charge in [0.15, 0.2) is 0 Å². The van der Waals surface area contributed by atoms with Crippen LogP contribution in [-0.4, -0.2) is 37.9 Å². The molecule has 4 nitrogen and oxygen atoms in total. The highest BCUT2D eigenvalue weighted by atomic mass is 32.2. The van der Waals surface area contributed by atoms with Gasteiger partial charge in [-0.2, -0.15) is 4.31 Å². The van der Waals surface area contributed by atoms with Gasteiger partial charge in [-0.15, -0.1) is 0 Å². The van der Waals surface area contributed by atoms with E-state index in [-0.39, 0.29) is 17.0 Å². The lowest BCUT2D eigenvalue weighted by molar-refractivity contribution is 0.354. The summed E-state index contributed by atoms with van der Waals surface area (Å²) in [7, 11) is -3.72. The number of fused-ring (bicyclic) bond motifs is 5. The number of rotatable bonds is 2. The van der Waals surface area contributed by atoms with E-state index >= 15 is 0 Å². The van der Waals surface area contributed by atoms with Crippen molar-refractivity contribution < 1.29 is 12.8 Å². The number of hydrogen-bond donors (Lipinski definition) is 1. The van der Waals surface area contributed by atoms with Crippen molar-refractivity contribution in [1.82, 2.24) is 9.62 Å². The lowest BCUT2D eigenvalue weighted by Crippen LogP contribution is -2.39. The highest BCUT2D eigenvalue weighted by Gasteiger charge is 2.58. The molecule has 0 unspecified atom stereocenters. The van der Waals surface area contributed by atoms with Crippen LogP contribution >= 0.6 is 0 Å². The molecule has 1 aromatic carbocycles. The minimum absolute atomic E-state index is 0.0459. The largest absolute Gasteiger partial charge is 0.316 e. The zero-order chi connectivity index (χ0) is 13.9. The molecule has 3 aliphatic rings. The maximum absolute atomic E-state index is 13.9. The zero-order valence-electron chi connectivity index (χ0n) is 11.0. The van der Waals surface area contributed by atoms with E-state index in [4.69, 9.17) is 0 Å². The molecule has 3 heterocycles. The molecule has 3 aliphatic heterocycles. The van der Waals surface area contributed by atoms with Crippen molar-refractivity contribution in [3.63, 3.8) is 0 Å². The summed E-state index contributed by atoms with van der Waals surface area (Å²) in [6.45, 7) is 1.77. The van der Waals surface area contributed by atoms with E-state index in [2.05, 4.69) is 5.32 Å². The number of halogens is 1. The molecular formula is C14H17FN2O2S. The Balaban J connectivity index is 1.77. The molecule has 108 valence electrons. The Labute approximate surface area is 118 Å². The molecule has 4 atom stereocenters. The van der Waals surface area contributed by atoms with E-state index in [9.17, 15) is 12.8 Å². The van der Waals surface area contributed by atoms with Crippen LogP contribution in [0.15, 0.2) is 29.2 Å². The van der Waals surface area contributed by atoms with Gasteiger partial charge in [0.25, 0.3) is 0 Å². The second kappa shape index (κ2) is 4.26. The molecule has 20 heavy (non-hydrogen) atoms. The van der Waals surface area contributed by atoms with Crippen LogP contribution in [0.1, 0.15) is 12.8 Å². The summed E-state index contributed by atoms with van der Waals surface area (Å²) in [6.07, 6.45) is 1.81. The SMILES string of the molecule is O=S(=O)(c1ccccc1F)N1[C@@H]2CC[C@H]1[C@H]1CNC[C@H]12. The number of hydrogen-bond acceptors (Lipinski definition) is 3. The van der Waals surface area contributed by atoms with E-state index in [1.165, 1.54) is 18.2 Å². The van der Waals surface area contributed by atoms with Crippen LogP contribution in [0.2, 0.25) is 0 Å². The van der Waals surface area contributed by atoms with Crippen LogP contribution in [-0.2, 0) is 10.0 Å². The van der Waals surface area contributed by atoms with Crippen LogP contribution < -0.4 is 5.32 Å². The van der Waals surface area contributed by atoms with Gasteiger partial charge in [0, 0.05) is 12.1 Å². The van der Waals surface area contributed by atoms with Crippen molar-refractivity contribution in [3.05, 3.63) is 30.1 Å². The first-order chi connectivity index (χ1) is 9.60. The Morgan fingerprint density at radius 1 is 1.10 bits per heavy atom. The topological polar surface area (TPSA) is 49.4 Å². The molecular weight excluding hydrogens is 279 g/mol. The number of nitrogens with one attached hydrogen (secondary N) is 1. The molecule has 0 amide bonds. The molecule has 0 aromatic heterocycles. The summed E-state index contributed by atoms with van der Waals surface area (Å²) in [6, 6.07) is 5.78. The number of nitrogens with zero attached hydrogens (tertiary/aromatic N) is 1. The third-order valence-corrected chi connectivity index (χ3v) is 7.09. The molecule has 2 bridgehead atoms. The first-order valence-corrected chi connectivity index (χ1v) is 8.53. The second-order valence-corrected chi connectivity index (χ2v) is 7.77. The molecule has 3 fully saturated rings. The van der Waals surface area contributed by atoms with Gasteiger partial charge in [0.1, 0.15) is 10.7 Å². The van der Waals surface area contributed by atoms with Crippen LogP contribution in [0.3, 0.4) is 0 Å². The standard InChI is InChI=1S/C14H17FN2O2S/c15-11-3-1-2-4-14(11)20(18,19)17-12-5-6-13(17)10-8-16-7-9(10)12/h1-4,9-10,12-13,16H,5-8H2/t9-,10+,12-,13+. The Kier molecular flexibility index (Phi) is 2.71. The summed E-state index contributed by atoms with van der Waals surface area (Å²) in [5, 5.41) is 3.35. The molecule has 1 N–H and O–H groups in total. The lowest BCUT2D eigenvalue weighted by Gasteiger charge is -2.24. The van der Waals surface area contributed by atoms with E-state index in [0.29, 0.717) is 11.8 Å². The van der Waals surface area contributed by atoms with E-state index in [1.807, 2.05) is 0 Å². The van der Waals surface area contributed by atoms with Gasteiger partial charge in [0.2, 0.25) is 10.0 Å². The average Bonchev–Trinajstić information content (AvgIpc) is 3.11.